The molecule has 132 valence electrons. The Kier molecular flexibility index (Phi) is 9.57. The maximum absolute atomic E-state index is 8.20. The Balaban J connectivity index is 0.000000351. The molecular weight excluding hydrogens is 314 g/mol. The van der Waals surface area contributed by atoms with Crippen LogP contribution in [0.15, 0.2) is 60.7 Å². The largest absolute Gasteiger partial charge is 0.396 e. The van der Waals surface area contributed by atoms with Crippen molar-refractivity contribution in [1.29, 1.82) is 0 Å². The molecule has 0 aromatic heterocycles. The van der Waals surface area contributed by atoms with Crippen LogP contribution in [-0.4, -0.2) is 27.1 Å². The highest BCUT2D eigenvalue weighted by Crippen LogP contribution is 2.26. The lowest BCUT2D eigenvalue weighted by molar-refractivity contribution is 0.128. The summed E-state index contributed by atoms with van der Waals surface area (Å²) in [5.41, 5.74) is 0. The summed E-state index contributed by atoms with van der Waals surface area (Å²) in [5, 5.41) is 11.6. The SMILES string of the molecule is CC(C)(C)[SiH](c1ccccc1)c1ccccc1.NOCCCCO. The van der Waals surface area contributed by atoms with Gasteiger partial charge in [0.25, 0.3) is 0 Å². The lowest BCUT2D eigenvalue weighted by Gasteiger charge is -2.30. The van der Waals surface area contributed by atoms with Crippen molar-refractivity contribution in [2.45, 2.75) is 38.7 Å². The number of hydrogen-bond donors (Lipinski definition) is 2. The van der Waals surface area contributed by atoms with Gasteiger partial charge in [-0.2, -0.15) is 0 Å². The molecule has 2 rings (SSSR count). The van der Waals surface area contributed by atoms with E-state index < -0.39 is 8.80 Å². The van der Waals surface area contributed by atoms with Gasteiger partial charge in [-0.1, -0.05) is 91.8 Å². The van der Waals surface area contributed by atoms with Crippen LogP contribution in [0.1, 0.15) is 33.6 Å². The first kappa shape index (κ1) is 20.6. The van der Waals surface area contributed by atoms with E-state index in [-0.39, 0.29) is 6.61 Å². The standard InChI is InChI=1S/C16H20Si.C4H11NO2/c1-16(2,3)17(14-10-6-4-7-11-14)15-12-8-5-9-13-15;5-7-4-2-1-3-6/h4-13,17H,1-3H3;6H,1-5H2. The number of rotatable bonds is 6. The van der Waals surface area contributed by atoms with Crippen LogP contribution in [0.2, 0.25) is 5.04 Å². The summed E-state index contributed by atoms with van der Waals surface area (Å²) in [6.45, 7) is 7.86. The summed E-state index contributed by atoms with van der Waals surface area (Å²) in [7, 11) is -1.14. The van der Waals surface area contributed by atoms with Crippen LogP contribution in [0.4, 0.5) is 0 Å². The Hall–Kier alpha value is -1.46. The molecule has 0 saturated heterocycles. The molecule has 3 N–H and O–H groups in total. The van der Waals surface area contributed by atoms with Gasteiger partial charge in [-0.25, -0.2) is 5.90 Å². The molecule has 0 aliphatic rings. The third-order valence-corrected chi connectivity index (χ3v) is 7.64. The van der Waals surface area contributed by atoms with Gasteiger partial charge in [0, 0.05) is 6.61 Å². The van der Waals surface area contributed by atoms with E-state index in [1.54, 1.807) is 0 Å². The van der Waals surface area contributed by atoms with E-state index in [4.69, 9.17) is 5.11 Å². The lowest BCUT2D eigenvalue weighted by atomic mass is 10.2. The normalized spacial score (nSPS) is 11.1. The Morgan fingerprint density at radius 3 is 1.67 bits per heavy atom. The summed E-state index contributed by atoms with van der Waals surface area (Å²) < 4.78 is 0. The van der Waals surface area contributed by atoms with Crippen LogP contribution in [-0.2, 0) is 4.84 Å². The summed E-state index contributed by atoms with van der Waals surface area (Å²) >= 11 is 0. The number of aliphatic hydroxyl groups is 1. The molecule has 0 bridgehead atoms. The van der Waals surface area contributed by atoms with Crippen LogP contribution >= 0.6 is 0 Å². The summed E-state index contributed by atoms with van der Waals surface area (Å²) in [6.07, 6.45) is 1.62. The summed E-state index contributed by atoms with van der Waals surface area (Å²) in [4.78, 5) is 4.23. The number of aliphatic hydroxyl groups excluding tert-OH is 1. The molecule has 0 aliphatic carbocycles. The highest BCUT2D eigenvalue weighted by Gasteiger charge is 2.29. The topological polar surface area (TPSA) is 55.5 Å². The van der Waals surface area contributed by atoms with Crippen molar-refractivity contribution >= 4 is 19.2 Å². The summed E-state index contributed by atoms with van der Waals surface area (Å²) in [5.74, 6) is 4.69. The van der Waals surface area contributed by atoms with Crippen LogP contribution in [0.25, 0.3) is 0 Å². The monoisotopic (exact) mass is 345 g/mol. The van der Waals surface area contributed by atoms with Crippen molar-refractivity contribution in [3.8, 4) is 0 Å². The van der Waals surface area contributed by atoms with E-state index in [1.807, 2.05) is 0 Å². The van der Waals surface area contributed by atoms with E-state index >= 15 is 0 Å². The van der Waals surface area contributed by atoms with Crippen LogP contribution < -0.4 is 16.3 Å². The number of unbranched alkanes of at least 4 members (excludes halogenated alkanes) is 1. The van der Waals surface area contributed by atoms with Gasteiger partial charge in [0.1, 0.15) is 8.80 Å². The number of hydrogen-bond acceptors (Lipinski definition) is 3. The third kappa shape index (κ3) is 7.40. The van der Waals surface area contributed by atoms with E-state index in [2.05, 4.69) is 92.2 Å². The molecule has 4 heteroatoms. The first-order valence-corrected chi connectivity index (χ1v) is 10.3. The minimum Gasteiger partial charge on any atom is -0.396 e. The maximum atomic E-state index is 8.20. The molecule has 0 heterocycles. The molecule has 24 heavy (non-hydrogen) atoms. The van der Waals surface area contributed by atoms with Crippen molar-refractivity contribution < 1.29 is 9.94 Å². The fraction of sp³-hybridized carbons (Fsp3) is 0.400. The molecule has 0 saturated carbocycles. The zero-order valence-electron chi connectivity index (χ0n) is 15.1. The maximum Gasteiger partial charge on any atom is 0.108 e. The molecular formula is C20H31NO2Si. The molecule has 2 aromatic carbocycles. The Morgan fingerprint density at radius 2 is 1.33 bits per heavy atom. The molecule has 3 nitrogen and oxygen atoms in total. The predicted molar refractivity (Wildman–Crippen MR) is 105 cm³/mol. The van der Waals surface area contributed by atoms with Gasteiger partial charge in [0.05, 0.1) is 6.61 Å². The molecule has 0 aliphatic heterocycles. The average molecular weight is 346 g/mol. The minimum absolute atomic E-state index is 0.226. The van der Waals surface area contributed by atoms with Gasteiger partial charge >= 0.3 is 0 Å². The Bertz CT molecular complexity index is 497. The van der Waals surface area contributed by atoms with Crippen molar-refractivity contribution in [3.05, 3.63) is 60.7 Å². The fourth-order valence-electron chi connectivity index (χ4n) is 2.78. The van der Waals surface area contributed by atoms with Gasteiger partial charge in [0.15, 0.2) is 0 Å². The molecule has 0 atom stereocenters. The molecule has 2 aromatic rings. The van der Waals surface area contributed by atoms with Crippen molar-refractivity contribution in [1.82, 2.24) is 0 Å². The van der Waals surface area contributed by atoms with E-state index in [9.17, 15) is 0 Å². The zero-order chi connectivity index (χ0) is 17.8. The molecule has 0 radical (unpaired) electrons. The third-order valence-electron chi connectivity index (χ3n) is 3.80. The predicted octanol–water partition coefficient (Wildman–Crippen LogP) is 2.48. The Morgan fingerprint density at radius 1 is 0.875 bits per heavy atom. The molecule has 0 amide bonds. The first-order valence-electron chi connectivity index (χ1n) is 8.53. The number of benzene rings is 2. The molecule has 0 unspecified atom stereocenters. The van der Waals surface area contributed by atoms with Crippen molar-refractivity contribution in [3.63, 3.8) is 0 Å². The van der Waals surface area contributed by atoms with Gasteiger partial charge < -0.3 is 9.94 Å². The zero-order valence-corrected chi connectivity index (χ0v) is 16.3. The van der Waals surface area contributed by atoms with Crippen molar-refractivity contribution in [2.75, 3.05) is 13.2 Å². The van der Waals surface area contributed by atoms with Gasteiger partial charge in [0.2, 0.25) is 0 Å². The van der Waals surface area contributed by atoms with E-state index in [0.29, 0.717) is 11.6 Å². The molecule has 0 spiro atoms. The second-order valence-electron chi connectivity index (χ2n) is 6.92. The quantitative estimate of drug-likeness (QED) is 0.480. The first-order chi connectivity index (χ1) is 11.5. The fourth-order valence-corrected chi connectivity index (χ4v) is 6.38. The average Bonchev–Trinajstić information content (AvgIpc) is 2.57. The van der Waals surface area contributed by atoms with Crippen LogP contribution in [0, 0.1) is 0 Å². The van der Waals surface area contributed by atoms with Gasteiger partial charge in [-0.05, 0) is 17.9 Å². The lowest BCUT2D eigenvalue weighted by Crippen LogP contribution is -2.48. The highest BCUT2D eigenvalue weighted by molar-refractivity contribution is 6.87. The van der Waals surface area contributed by atoms with Crippen molar-refractivity contribution in [2.24, 2.45) is 5.90 Å². The van der Waals surface area contributed by atoms with E-state index in [1.165, 1.54) is 10.4 Å². The minimum atomic E-state index is -1.14. The second kappa shape index (κ2) is 11.2. The Labute approximate surface area is 148 Å². The van der Waals surface area contributed by atoms with Gasteiger partial charge in [-0.15, -0.1) is 0 Å². The van der Waals surface area contributed by atoms with Crippen LogP contribution in [0.5, 0.6) is 0 Å². The smallest absolute Gasteiger partial charge is 0.108 e. The second-order valence-corrected chi connectivity index (χ2v) is 10.9. The molecule has 0 fully saturated rings. The van der Waals surface area contributed by atoms with Crippen LogP contribution in [0.3, 0.4) is 0 Å². The number of nitrogens with two attached hydrogens (primary N) is 1. The van der Waals surface area contributed by atoms with E-state index in [0.717, 1.165) is 12.8 Å². The summed E-state index contributed by atoms with van der Waals surface area (Å²) in [6, 6.07) is 22.0. The van der Waals surface area contributed by atoms with Gasteiger partial charge in [-0.3, -0.25) is 0 Å². The highest BCUT2D eigenvalue weighted by atomic mass is 28.3.